The van der Waals surface area contributed by atoms with E-state index in [4.69, 9.17) is 13.9 Å². The fourth-order valence-electron chi connectivity index (χ4n) is 3.88. The van der Waals surface area contributed by atoms with Gasteiger partial charge in [0.1, 0.15) is 34.9 Å². The van der Waals surface area contributed by atoms with E-state index in [1.54, 1.807) is 0 Å². The van der Waals surface area contributed by atoms with Gasteiger partial charge < -0.3 is 48.5 Å². The number of ether oxygens (including phenoxy) is 2. The molecule has 20 heteroatoms. The fraction of sp³-hybridized carbons (Fsp3) is 0.238. The molecule has 1 aromatic heterocycles. The number of phenolic OH excluding ortho intramolecular Hbond substituents is 3. The first kappa shape index (κ1) is 30.0. The van der Waals surface area contributed by atoms with Gasteiger partial charge in [-0.1, -0.05) is 0 Å². The molecule has 0 amide bonds. The number of carboxylic acid groups (broad SMARTS) is 1. The number of benzene rings is 2. The molecule has 5 N–H and O–H groups in total. The Morgan fingerprint density at radius 3 is 2.05 bits per heavy atom. The Hall–Kier alpha value is -4.02. The Morgan fingerprint density at radius 2 is 1.49 bits per heavy atom. The predicted octanol–water partition coefficient (Wildman–Crippen LogP) is -1.18. The largest absolute Gasteiger partial charge is 0.726 e. The van der Waals surface area contributed by atoms with E-state index in [2.05, 4.69) is 8.37 Å². The van der Waals surface area contributed by atoms with E-state index in [0.717, 1.165) is 6.07 Å². The van der Waals surface area contributed by atoms with Crippen LogP contribution in [0.4, 0.5) is 0 Å². The lowest BCUT2D eigenvalue weighted by Gasteiger charge is -2.42. The van der Waals surface area contributed by atoms with Crippen LogP contribution in [0, 0.1) is 0 Å². The van der Waals surface area contributed by atoms with Crippen molar-refractivity contribution in [3.8, 4) is 34.3 Å². The van der Waals surface area contributed by atoms with Crippen LogP contribution in [0.5, 0.6) is 23.0 Å². The van der Waals surface area contributed by atoms with Gasteiger partial charge in [0.15, 0.2) is 29.0 Å². The number of rotatable bonds is 8. The highest BCUT2D eigenvalue weighted by molar-refractivity contribution is 7.81. The fourth-order valence-corrected chi connectivity index (χ4v) is 4.84. The van der Waals surface area contributed by atoms with E-state index in [1.807, 2.05) is 0 Å². The highest BCUT2D eigenvalue weighted by Gasteiger charge is 2.53. The van der Waals surface area contributed by atoms with E-state index < -0.39 is 91.1 Å². The van der Waals surface area contributed by atoms with Crippen LogP contribution >= 0.6 is 0 Å². The third-order valence-electron chi connectivity index (χ3n) is 5.52. The van der Waals surface area contributed by atoms with Gasteiger partial charge in [-0.25, -0.2) is 21.6 Å². The number of aliphatic hydroxyl groups excluding tert-OH is 1. The summed E-state index contributed by atoms with van der Waals surface area (Å²) in [4.78, 5) is 24.6. The van der Waals surface area contributed by atoms with Crippen molar-refractivity contribution in [1.29, 1.82) is 0 Å². The molecule has 5 atom stereocenters. The van der Waals surface area contributed by atoms with Crippen molar-refractivity contribution in [2.24, 2.45) is 0 Å². The average molecular weight is 620 g/mol. The number of aliphatic hydroxyl groups is 1. The summed E-state index contributed by atoms with van der Waals surface area (Å²) in [5.74, 6) is -5.26. The van der Waals surface area contributed by atoms with Crippen molar-refractivity contribution < 1.29 is 78.5 Å². The zero-order valence-corrected chi connectivity index (χ0v) is 21.3. The highest BCUT2D eigenvalue weighted by Crippen LogP contribution is 2.42. The molecule has 3 aromatic rings. The Morgan fingerprint density at radius 1 is 0.902 bits per heavy atom. The SMILES string of the molecule is O=C(O)[C@H]1O[C@@H](Oc2c(O)cc(O)c3c(=O)cc(-c4ccc(O)cc4)oc23)[C@H](OS(=O)(=O)[O-])[C@H](O)[C@@H]1OS(=O)(=O)[O-]. The lowest BCUT2D eigenvalue weighted by Crippen LogP contribution is -2.63. The average Bonchev–Trinajstić information content (AvgIpc) is 2.83. The van der Waals surface area contributed by atoms with Crippen molar-refractivity contribution in [3.05, 3.63) is 46.6 Å². The standard InChI is InChI=1S/C21H18O18S2/c22-8-3-1-7(2-4-8)12-6-10(24)13-9(23)5-11(25)15(16(13)35-12)36-21-18(39-41(32,33)34)14(26)17(38-40(29,30)31)19(37-21)20(27)28/h1-6,14,17-19,21-23,25-26H,(H,27,28)(H,29,30,31)(H,32,33,34)/p-2/t14-,17+,18-,19+,21-/m1/s1. The summed E-state index contributed by atoms with van der Waals surface area (Å²) >= 11 is 0. The maximum Gasteiger partial charge on any atom is 0.335 e. The molecule has 1 aliphatic rings. The molecule has 18 nitrogen and oxygen atoms in total. The minimum absolute atomic E-state index is 0.149. The second-order valence-electron chi connectivity index (χ2n) is 8.28. The maximum atomic E-state index is 12.8. The highest BCUT2D eigenvalue weighted by atomic mass is 32.3. The van der Waals surface area contributed by atoms with Crippen LogP contribution in [0.25, 0.3) is 22.3 Å². The molecule has 1 fully saturated rings. The number of carbonyl (C=O) groups is 1. The zero-order chi connectivity index (χ0) is 30.4. The normalized spacial score (nSPS) is 23.3. The van der Waals surface area contributed by atoms with Gasteiger partial charge in [-0.2, -0.15) is 0 Å². The first-order valence-corrected chi connectivity index (χ1v) is 13.4. The Kier molecular flexibility index (Phi) is 7.86. The second-order valence-corrected chi connectivity index (χ2v) is 10.3. The third-order valence-corrected chi connectivity index (χ3v) is 6.44. The van der Waals surface area contributed by atoms with Crippen molar-refractivity contribution in [1.82, 2.24) is 0 Å². The minimum Gasteiger partial charge on any atom is -0.726 e. The maximum absolute atomic E-state index is 12.8. The van der Waals surface area contributed by atoms with E-state index in [0.29, 0.717) is 6.07 Å². The van der Waals surface area contributed by atoms with Crippen LogP contribution in [-0.2, 0) is 38.7 Å². The number of aromatic hydroxyl groups is 3. The van der Waals surface area contributed by atoms with Crippen LogP contribution in [-0.4, -0.2) is 88.1 Å². The third kappa shape index (κ3) is 6.49. The van der Waals surface area contributed by atoms with Crippen LogP contribution in [0.1, 0.15) is 0 Å². The number of fused-ring (bicyclic) bond motifs is 1. The van der Waals surface area contributed by atoms with E-state index in [1.165, 1.54) is 24.3 Å². The number of hydrogen-bond donors (Lipinski definition) is 5. The van der Waals surface area contributed by atoms with Gasteiger partial charge in [0.2, 0.25) is 32.8 Å². The number of hydrogen-bond acceptors (Lipinski definition) is 17. The van der Waals surface area contributed by atoms with Gasteiger partial charge in [0.25, 0.3) is 0 Å². The number of aliphatic carboxylic acids is 1. The van der Waals surface area contributed by atoms with Gasteiger partial charge >= 0.3 is 5.97 Å². The number of carboxylic acids is 1. The van der Waals surface area contributed by atoms with Crippen LogP contribution in [0.2, 0.25) is 0 Å². The summed E-state index contributed by atoms with van der Waals surface area (Å²) in [6, 6.07) is 6.57. The molecule has 1 saturated heterocycles. The molecular formula is C21H16O18S2-2. The molecule has 1 aliphatic heterocycles. The Bertz CT molecular complexity index is 1760. The topological polar surface area (TPSA) is 300 Å². The first-order chi connectivity index (χ1) is 18.9. The van der Waals surface area contributed by atoms with Crippen molar-refractivity contribution in [3.63, 3.8) is 0 Å². The van der Waals surface area contributed by atoms with Crippen molar-refractivity contribution in [2.75, 3.05) is 0 Å². The summed E-state index contributed by atoms with van der Waals surface area (Å²) < 4.78 is 91.4. The molecule has 0 aliphatic carbocycles. The second kappa shape index (κ2) is 10.8. The molecule has 2 aromatic carbocycles. The van der Waals surface area contributed by atoms with Crippen LogP contribution in [0.15, 0.2) is 45.6 Å². The molecule has 4 rings (SSSR count). The Balaban J connectivity index is 1.87. The van der Waals surface area contributed by atoms with Crippen LogP contribution < -0.4 is 10.2 Å². The number of phenols is 3. The summed E-state index contributed by atoms with van der Waals surface area (Å²) in [5, 5.41) is 49.6. The lowest BCUT2D eigenvalue weighted by atomic mass is 9.99. The zero-order valence-electron chi connectivity index (χ0n) is 19.7. The van der Waals surface area contributed by atoms with Gasteiger partial charge in [0, 0.05) is 17.7 Å². The summed E-state index contributed by atoms with van der Waals surface area (Å²) in [6.45, 7) is 0. The van der Waals surface area contributed by atoms with Gasteiger partial charge in [-0.05, 0) is 24.3 Å². The van der Waals surface area contributed by atoms with Crippen molar-refractivity contribution in [2.45, 2.75) is 30.7 Å². The predicted molar refractivity (Wildman–Crippen MR) is 125 cm³/mol. The first-order valence-electron chi connectivity index (χ1n) is 10.8. The molecule has 0 radical (unpaired) electrons. The summed E-state index contributed by atoms with van der Waals surface area (Å²) in [5.41, 5.74) is -1.48. The molecular weight excluding hydrogens is 604 g/mol. The van der Waals surface area contributed by atoms with Crippen LogP contribution in [0.3, 0.4) is 0 Å². The summed E-state index contributed by atoms with van der Waals surface area (Å²) in [7, 11) is -11.6. The van der Waals surface area contributed by atoms with Gasteiger partial charge in [0.05, 0.1) is 0 Å². The molecule has 0 unspecified atom stereocenters. The molecule has 0 saturated carbocycles. The Labute approximate surface area is 228 Å². The molecule has 222 valence electrons. The smallest absolute Gasteiger partial charge is 0.335 e. The summed E-state index contributed by atoms with van der Waals surface area (Å²) in [6.07, 6.45) is -13.1. The van der Waals surface area contributed by atoms with Crippen molar-refractivity contribution >= 4 is 37.7 Å². The minimum atomic E-state index is -5.80. The monoisotopic (exact) mass is 620 g/mol. The molecule has 0 spiro atoms. The van der Waals surface area contributed by atoms with Gasteiger partial charge in [-0.15, -0.1) is 0 Å². The molecule has 0 bridgehead atoms. The van der Waals surface area contributed by atoms with E-state index in [9.17, 15) is 61.1 Å². The van der Waals surface area contributed by atoms with Gasteiger partial charge in [-0.3, -0.25) is 13.2 Å². The van der Waals surface area contributed by atoms with E-state index in [-0.39, 0.29) is 17.1 Å². The quantitative estimate of drug-likeness (QED) is 0.146. The molecule has 41 heavy (non-hydrogen) atoms. The molecule has 2 heterocycles. The van der Waals surface area contributed by atoms with E-state index >= 15 is 0 Å². The lowest BCUT2D eigenvalue weighted by molar-refractivity contribution is -0.261.